The minimum Gasteiger partial charge on any atom is -0.377 e. The fraction of sp³-hybridized carbons (Fsp3) is 0.542. The number of hydrogen-bond donors (Lipinski definition) is 1. The van der Waals surface area contributed by atoms with E-state index in [9.17, 15) is 4.79 Å². The van der Waals surface area contributed by atoms with Crippen molar-refractivity contribution in [3.05, 3.63) is 52.5 Å². The summed E-state index contributed by atoms with van der Waals surface area (Å²) in [6, 6.07) is 7.77. The van der Waals surface area contributed by atoms with Gasteiger partial charge in [-0.3, -0.25) is 4.79 Å². The summed E-state index contributed by atoms with van der Waals surface area (Å²) >= 11 is 0. The second-order valence-corrected chi connectivity index (χ2v) is 8.52. The number of nitrogens with one attached hydrogen (secondary N) is 1. The number of rotatable bonds is 6. The molecule has 1 atom stereocenters. The first kappa shape index (κ1) is 21.7. The van der Waals surface area contributed by atoms with E-state index in [1.807, 2.05) is 43.1 Å². The minimum atomic E-state index is 0.0843. The molecule has 1 aromatic carbocycles. The number of nitrogens with zero attached hydrogens (tertiary/aromatic N) is 4. The number of fused-ring (bicyclic) bond motifs is 1. The molecule has 31 heavy (non-hydrogen) atoms. The number of hydrogen-bond acceptors (Lipinski definition) is 6. The van der Waals surface area contributed by atoms with Crippen molar-refractivity contribution in [3.63, 3.8) is 0 Å². The Labute approximate surface area is 184 Å². The molecule has 2 aliphatic rings. The van der Waals surface area contributed by atoms with Crippen molar-refractivity contribution in [2.24, 2.45) is 0 Å². The number of likely N-dealkylation sites (N-methyl/N-ethyl adjacent to an activating group) is 1. The van der Waals surface area contributed by atoms with E-state index < -0.39 is 0 Å². The Morgan fingerprint density at radius 2 is 2.03 bits per heavy atom. The zero-order valence-electron chi connectivity index (χ0n) is 18.9. The lowest BCUT2D eigenvalue weighted by molar-refractivity contribution is 0.0704. The average molecular weight is 424 g/mol. The second-order valence-electron chi connectivity index (χ2n) is 8.52. The van der Waals surface area contributed by atoms with Gasteiger partial charge in [-0.1, -0.05) is 12.1 Å². The monoisotopic (exact) mass is 423 g/mol. The standard InChI is InChI=1S/C24H33N5O2/c1-4-31-16-17-7-9-18(10-8-17)24(30)29-12-5-6-19(14-29)22-26-21-11-13-28(3)15-20(21)23(25-2)27-22/h7-10,19H,4-6,11-16H2,1-3H3,(H,25,26,27). The van der Waals surface area contributed by atoms with Gasteiger partial charge in [0, 0.05) is 63.3 Å². The molecule has 0 bridgehead atoms. The predicted octanol–water partition coefficient (Wildman–Crippen LogP) is 3.06. The van der Waals surface area contributed by atoms with Crippen molar-refractivity contribution in [2.75, 3.05) is 45.7 Å². The molecule has 3 heterocycles. The summed E-state index contributed by atoms with van der Waals surface area (Å²) in [7, 11) is 4.05. The van der Waals surface area contributed by atoms with Crippen LogP contribution in [0.15, 0.2) is 24.3 Å². The lowest BCUT2D eigenvalue weighted by Gasteiger charge is -2.33. The number of benzene rings is 1. The van der Waals surface area contributed by atoms with Gasteiger partial charge in [-0.05, 0) is 44.5 Å². The van der Waals surface area contributed by atoms with Crippen LogP contribution in [-0.4, -0.2) is 66.0 Å². The molecule has 4 rings (SSSR count). The Morgan fingerprint density at radius 1 is 1.23 bits per heavy atom. The van der Waals surface area contributed by atoms with Crippen LogP contribution in [0.4, 0.5) is 5.82 Å². The van der Waals surface area contributed by atoms with Gasteiger partial charge in [0.2, 0.25) is 0 Å². The number of likely N-dealkylation sites (tertiary alicyclic amines) is 1. The van der Waals surface area contributed by atoms with Crippen molar-refractivity contribution in [3.8, 4) is 0 Å². The highest BCUT2D eigenvalue weighted by Crippen LogP contribution is 2.30. The van der Waals surface area contributed by atoms with Gasteiger partial charge in [0.15, 0.2) is 0 Å². The molecule has 2 aromatic rings. The molecule has 0 saturated carbocycles. The number of carbonyl (C=O) groups excluding carboxylic acids is 1. The molecule has 7 nitrogen and oxygen atoms in total. The quantitative estimate of drug-likeness (QED) is 0.770. The summed E-state index contributed by atoms with van der Waals surface area (Å²) in [6.07, 6.45) is 2.93. The molecule has 0 radical (unpaired) electrons. The molecule has 7 heteroatoms. The van der Waals surface area contributed by atoms with E-state index in [1.165, 1.54) is 5.56 Å². The highest BCUT2D eigenvalue weighted by atomic mass is 16.5. The molecule has 1 unspecified atom stereocenters. The lowest BCUT2D eigenvalue weighted by Crippen LogP contribution is -2.40. The predicted molar refractivity (Wildman–Crippen MR) is 121 cm³/mol. The number of amides is 1. The highest BCUT2D eigenvalue weighted by Gasteiger charge is 2.29. The van der Waals surface area contributed by atoms with Crippen LogP contribution in [0.1, 0.15) is 58.7 Å². The van der Waals surface area contributed by atoms with Crippen LogP contribution in [-0.2, 0) is 24.3 Å². The van der Waals surface area contributed by atoms with E-state index in [0.717, 1.165) is 67.4 Å². The molecular formula is C24H33N5O2. The van der Waals surface area contributed by atoms with Gasteiger partial charge in [0.25, 0.3) is 5.91 Å². The maximum Gasteiger partial charge on any atom is 0.253 e. The summed E-state index contributed by atoms with van der Waals surface area (Å²) in [5.74, 6) is 2.06. The number of ether oxygens (including phenoxy) is 1. The lowest BCUT2D eigenvalue weighted by atomic mass is 9.95. The van der Waals surface area contributed by atoms with Crippen LogP contribution >= 0.6 is 0 Å². The number of anilines is 1. The molecule has 1 N–H and O–H groups in total. The third-order valence-electron chi connectivity index (χ3n) is 6.25. The number of aromatic nitrogens is 2. The molecule has 166 valence electrons. The molecule has 1 aromatic heterocycles. The zero-order valence-corrected chi connectivity index (χ0v) is 18.9. The van der Waals surface area contributed by atoms with E-state index in [1.54, 1.807) is 0 Å². The van der Waals surface area contributed by atoms with E-state index in [4.69, 9.17) is 14.7 Å². The van der Waals surface area contributed by atoms with Crippen molar-refractivity contribution < 1.29 is 9.53 Å². The SMILES string of the molecule is CCOCc1ccc(C(=O)N2CCCC(c3nc4c(c(NC)n3)CN(C)CC4)C2)cc1. The van der Waals surface area contributed by atoms with Crippen LogP contribution in [0, 0.1) is 0 Å². The topological polar surface area (TPSA) is 70.6 Å². The molecule has 0 spiro atoms. The van der Waals surface area contributed by atoms with Gasteiger partial charge in [-0.15, -0.1) is 0 Å². The van der Waals surface area contributed by atoms with Gasteiger partial charge < -0.3 is 19.9 Å². The van der Waals surface area contributed by atoms with Gasteiger partial charge in [0.1, 0.15) is 11.6 Å². The molecule has 1 amide bonds. The van der Waals surface area contributed by atoms with Crippen LogP contribution in [0.5, 0.6) is 0 Å². The second kappa shape index (κ2) is 9.75. The average Bonchev–Trinajstić information content (AvgIpc) is 2.82. The third-order valence-corrected chi connectivity index (χ3v) is 6.25. The van der Waals surface area contributed by atoms with Crippen molar-refractivity contribution in [1.29, 1.82) is 0 Å². The van der Waals surface area contributed by atoms with Crippen molar-refractivity contribution in [1.82, 2.24) is 19.8 Å². The van der Waals surface area contributed by atoms with Crippen LogP contribution in [0.3, 0.4) is 0 Å². The van der Waals surface area contributed by atoms with E-state index in [2.05, 4.69) is 17.3 Å². The van der Waals surface area contributed by atoms with Gasteiger partial charge in [-0.2, -0.15) is 0 Å². The van der Waals surface area contributed by atoms with Crippen molar-refractivity contribution in [2.45, 2.75) is 45.3 Å². The van der Waals surface area contributed by atoms with E-state index in [-0.39, 0.29) is 11.8 Å². The Balaban J connectivity index is 1.49. The van der Waals surface area contributed by atoms with Crippen LogP contribution in [0.25, 0.3) is 0 Å². The fourth-order valence-corrected chi connectivity index (χ4v) is 4.48. The maximum atomic E-state index is 13.1. The third kappa shape index (κ3) is 4.88. The first-order chi connectivity index (χ1) is 15.1. The largest absolute Gasteiger partial charge is 0.377 e. The Morgan fingerprint density at radius 3 is 2.77 bits per heavy atom. The summed E-state index contributed by atoms with van der Waals surface area (Å²) in [6.45, 7) is 6.59. The highest BCUT2D eigenvalue weighted by molar-refractivity contribution is 5.94. The Hall–Kier alpha value is -2.51. The molecule has 2 aliphatic heterocycles. The molecule has 1 saturated heterocycles. The first-order valence-electron chi connectivity index (χ1n) is 11.3. The Bertz CT molecular complexity index is 898. The zero-order chi connectivity index (χ0) is 21.8. The van der Waals surface area contributed by atoms with Gasteiger partial charge >= 0.3 is 0 Å². The number of piperidine rings is 1. The first-order valence-corrected chi connectivity index (χ1v) is 11.3. The Kier molecular flexibility index (Phi) is 6.83. The van der Waals surface area contributed by atoms with Crippen LogP contribution < -0.4 is 5.32 Å². The summed E-state index contributed by atoms with van der Waals surface area (Å²) in [4.78, 5) is 27.2. The van der Waals surface area contributed by atoms with Crippen molar-refractivity contribution >= 4 is 11.7 Å². The van der Waals surface area contributed by atoms with Crippen LogP contribution in [0.2, 0.25) is 0 Å². The van der Waals surface area contributed by atoms with Gasteiger partial charge in [0.05, 0.1) is 12.3 Å². The van der Waals surface area contributed by atoms with Gasteiger partial charge in [-0.25, -0.2) is 9.97 Å². The summed E-state index contributed by atoms with van der Waals surface area (Å²) < 4.78 is 5.45. The smallest absolute Gasteiger partial charge is 0.253 e. The summed E-state index contributed by atoms with van der Waals surface area (Å²) in [5, 5.41) is 3.27. The maximum absolute atomic E-state index is 13.1. The molecular weight excluding hydrogens is 390 g/mol. The van der Waals surface area contributed by atoms with E-state index >= 15 is 0 Å². The normalized spacial score (nSPS) is 19.2. The summed E-state index contributed by atoms with van der Waals surface area (Å²) in [5.41, 5.74) is 4.17. The fourth-order valence-electron chi connectivity index (χ4n) is 4.48. The molecule has 0 aliphatic carbocycles. The molecule has 1 fully saturated rings. The minimum absolute atomic E-state index is 0.0843. The number of carbonyl (C=O) groups is 1. The van der Waals surface area contributed by atoms with E-state index in [0.29, 0.717) is 19.8 Å².